The lowest BCUT2D eigenvalue weighted by atomic mass is 10.1. The molecule has 0 aliphatic heterocycles. The van der Waals surface area contributed by atoms with Gasteiger partial charge in [0, 0.05) is 13.2 Å². The van der Waals surface area contributed by atoms with E-state index >= 15 is 0 Å². The number of rotatable bonds is 5. The summed E-state index contributed by atoms with van der Waals surface area (Å²) in [7, 11) is 1.72. The van der Waals surface area contributed by atoms with Crippen LogP contribution in [0.4, 0.5) is 0 Å². The molecule has 2 atom stereocenters. The first-order valence-electron chi connectivity index (χ1n) is 6.28. The molecule has 1 fully saturated rings. The molecule has 0 saturated heterocycles. The summed E-state index contributed by atoms with van der Waals surface area (Å²) in [5, 5.41) is 0. The van der Waals surface area contributed by atoms with Gasteiger partial charge in [-0.15, -0.1) is 0 Å². The van der Waals surface area contributed by atoms with E-state index in [0.29, 0.717) is 12.1 Å². The predicted octanol–water partition coefficient (Wildman–Crippen LogP) is 2.13. The third-order valence-corrected chi connectivity index (χ3v) is 3.25. The van der Waals surface area contributed by atoms with Crippen LogP contribution in [0.5, 0.6) is 5.75 Å². The maximum Gasteiger partial charge on any atom is 0.119 e. The van der Waals surface area contributed by atoms with Gasteiger partial charge in [-0.2, -0.15) is 0 Å². The van der Waals surface area contributed by atoms with E-state index in [1.165, 1.54) is 5.56 Å². The van der Waals surface area contributed by atoms with Crippen LogP contribution in [0.2, 0.25) is 0 Å². The van der Waals surface area contributed by atoms with E-state index in [9.17, 15) is 0 Å². The summed E-state index contributed by atoms with van der Waals surface area (Å²) in [5.41, 5.74) is 7.14. The number of hydrogen-bond donors (Lipinski definition) is 1. The van der Waals surface area contributed by atoms with Crippen LogP contribution in [0.3, 0.4) is 0 Å². The first-order chi connectivity index (χ1) is 8.28. The third kappa shape index (κ3) is 3.72. The van der Waals surface area contributed by atoms with E-state index in [0.717, 1.165) is 38.0 Å². The first kappa shape index (κ1) is 12.4. The van der Waals surface area contributed by atoms with Gasteiger partial charge in [-0.25, -0.2) is 0 Å². The van der Waals surface area contributed by atoms with E-state index < -0.39 is 0 Å². The Kier molecular flexibility index (Phi) is 4.40. The molecule has 17 heavy (non-hydrogen) atoms. The van der Waals surface area contributed by atoms with Gasteiger partial charge in [-0.05, 0) is 43.4 Å². The average Bonchev–Trinajstić information content (AvgIpc) is 2.74. The summed E-state index contributed by atoms with van der Waals surface area (Å²) in [4.78, 5) is 0. The van der Waals surface area contributed by atoms with Crippen molar-refractivity contribution in [1.29, 1.82) is 0 Å². The molecule has 0 heterocycles. The van der Waals surface area contributed by atoms with Gasteiger partial charge < -0.3 is 15.2 Å². The molecule has 2 unspecified atom stereocenters. The average molecular weight is 235 g/mol. The third-order valence-electron chi connectivity index (χ3n) is 3.25. The van der Waals surface area contributed by atoms with Gasteiger partial charge in [-0.1, -0.05) is 12.1 Å². The molecule has 0 radical (unpaired) electrons. The maximum absolute atomic E-state index is 5.89. The smallest absolute Gasteiger partial charge is 0.119 e. The van der Waals surface area contributed by atoms with E-state index in [2.05, 4.69) is 12.1 Å². The fourth-order valence-electron chi connectivity index (χ4n) is 2.23. The second-order valence-electron chi connectivity index (χ2n) is 4.70. The molecule has 0 amide bonds. The van der Waals surface area contributed by atoms with E-state index in [-0.39, 0.29) is 0 Å². The summed E-state index contributed by atoms with van der Waals surface area (Å²) in [6.45, 7) is 0.762. The number of ether oxygens (including phenoxy) is 2. The zero-order valence-corrected chi connectivity index (χ0v) is 10.4. The van der Waals surface area contributed by atoms with E-state index in [4.69, 9.17) is 15.2 Å². The quantitative estimate of drug-likeness (QED) is 0.850. The van der Waals surface area contributed by atoms with E-state index in [1.54, 1.807) is 7.11 Å². The summed E-state index contributed by atoms with van der Waals surface area (Å²) in [5.74, 6) is 0.949. The maximum atomic E-state index is 5.89. The highest BCUT2D eigenvalue weighted by atomic mass is 16.5. The van der Waals surface area contributed by atoms with Gasteiger partial charge in [0.25, 0.3) is 0 Å². The van der Waals surface area contributed by atoms with Crippen LogP contribution in [0, 0.1) is 0 Å². The molecular weight excluding hydrogens is 214 g/mol. The normalized spacial score (nSPS) is 23.9. The van der Waals surface area contributed by atoms with Crippen LogP contribution in [-0.2, 0) is 11.2 Å². The Bertz CT molecular complexity index is 337. The van der Waals surface area contributed by atoms with Crippen molar-refractivity contribution >= 4 is 0 Å². The summed E-state index contributed by atoms with van der Waals surface area (Å²) in [6.07, 6.45) is 4.38. The Morgan fingerprint density at radius 3 is 2.59 bits per heavy atom. The van der Waals surface area contributed by atoms with Crippen molar-refractivity contribution in [2.24, 2.45) is 5.73 Å². The lowest BCUT2D eigenvalue weighted by molar-refractivity contribution is 0.201. The predicted molar refractivity (Wildman–Crippen MR) is 68.3 cm³/mol. The molecule has 2 rings (SSSR count). The molecule has 0 aromatic heterocycles. The highest BCUT2D eigenvalue weighted by Crippen LogP contribution is 2.23. The van der Waals surface area contributed by atoms with Gasteiger partial charge in [0.15, 0.2) is 0 Å². The molecule has 2 N–H and O–H groups in total. The Hall–Kier alpha value is -1.06. The Morgan fingerprint density at radius 1 is 1.24 bits per heavy atom. The lowest BCUT2D eigenvalue weighted by Crippen LogP contribution is -2.19. The Balaban J connectivity index is 1.85. The largest absolute Gasteiger partial charge is 0.490 e. The van der Waals surface area contributed by atoms with Crippen LogP contribution in [0.1, 0.15) is 24.8 Å². The summed E-state index contributed by atoms with van der Waals surface area (Å²) in [6, 6.07) is 8.59. The fraction of sp³-hybridized carbons (Fsp3) is 0.571. The SMILES string of the molecule is COCCc1ccc(OC2CCC(N)C2)cc1. The molecule has 0 bridgehead atoms. The second kappa shape index (κ2) is 6.03. The minimum Gasteiger partial charge on any atom is -0.490 e. The first-order valence-corrected chi connectivity index (χ1v) is 6.28. The molecule has 1 saturated carbocycles. The van der Waals surface area contributed by atoms with Crippen LogP contribution in [0.15, 0.2) is 24.3 Å². The van der Waals surface area contributed by atoms with Gasteiger partial charge >= 0.3 is 0 Å². The number of hydrogen-bond acceptors (Lipinski definition) is 3. The summed E-state index contributed by atoms with van der Waals surface area (Å²) >= 11 is 0. The minimum absolute atomic E-state index is 0.301. The van der Waals surface area contributed by atoms with Gasteiger partial charge in [0.05, 0.1) is 6.61 Å². The Morgan fingerprint density at radius 2 is 2.00 bits per heavy atom. The molecule has 1 aliphatic rings. The highest BCUT2D eigenvalue weighted by molar-refractivity contribution is 5.27. The minimum atomic E-state index is 0.301. The topological polar surface area (TPSA) is 44.5 Å². The molecule has 3 nitrogen and oxygen atoms in total. The molecule has 1 aliphatic carbocycles. The van der Waals surface area contributed by atoms with Crippen molar-refractivity contribution in [3.05, 3.63) is 29.8 Å². The van der Waals surface area contributed by atoms with Gasteiger partial charge in [0.2, 0.25) is 0 Å². The zero-order chi connectivity index (χ0) is 12.1. The molecule has 0 spiro atoms. The van der Waals surface area contributed by atoms with Crippen LogP contribution in [0.25, 0.3) is 0 Å². The van der Waals surface area contributed by atoms with Crippen molar-refractivity contribution in [3.63, 3.8) is 0 Å². The monoisotopic (exact) mass is 235 g/mol. The van der Waals surface area contributed by atoms with Crippen LogP contribution < -0.4 is 10.5 Å². The highest BCUT2D eigenvalue weighted by Gasteiger charge is 2.22. The summed E-state index contributed by atoms with van der Waals surface area (Å²) < 4.78 is 10.9. The standard InChI is InChI=1S/C14H21NO2/c1-16-9-8-11-2-5-13(6-3-11)17-14-7-4-12(15)10-14/h2-3,5-6,12,14H,4,7-10,15H2,1H3. The second-order valence-corrected chi connectivity index (χ2v) is 4.70. The fourth-order valence-corrected chi connectivity index (χ4v) is 2.23. The molecule has 1 aromatic carbocycles. The molecule has 3 heteroatoms. The molecular formula is C14H21NO2. The molecule has 1 aromatic rings. The van der Waals surface area contributed by atoms with Gasteiger partial charge in [-0.3, -0.25) is 0 Å². The molecule has 94 valence electrons. The van der Waals surface area contributed by atoms with Crippen LogP contribution >= 0.6 is 0 Å². The van der Waals surface area contributed by atoms with Crippen molar-refractivity contribution in [3.8, 4) is 5.75 Å². The Labute approximate surface area is 103 Å². The van der Waals surface area contributed by atoms with Crippen molar-refractivity contribution in [1.82, 2.24) is 0 Å². The van der Waals surface area contributed by atoms with Crippen molar-refractivity contribution in [2.75, 3.05) is 13.7 Å². The van der Waals surface area contributed by atoms with Crippen molar-refractivity contribution in [2.45, 2.75) is 37.8 Å². The number of methoxy groups -OCH3 is 1. The van der Waals surface area contributed by atoms with Gasteiger partial charge in [0.1, 0.15) is 11.9 Å². The zero-order valence-electron chi connectivity index (χ0n) is 10.4. The van der Waals surface area contributed by atoms with Crippen LogP contribution in [-0.4, -0.2) is 25.9 Å². The number of nitrogens with two attached hydrogens (primary N) is 1. The lowest BCUT2D eigenvalue weighted by Gasteiger charge is -2.13. The van der Waals surface area contributed by atoms with E-state index in [1.807, 2.05) is 12.1 Å². The number of benzene rings is 1. The van der Waals surface area contributed by atoms with Crippen molar-refractivity contribution < 1.29 is 9.47 Å².